The van der Waals surface area contributed by atoms with Crippen LogP contribution in [0.2, 0.25) is 0 Å². The number of ketones is 1. The van der Waals surface area contributed by atoms with Gasteiger partial charge in [-0.15, -0.1) is 0 Å². The summed E-state index contributed by atoms with van der Waals surface area (Å²) < 4.78 is 0. The van der Waals surface area contributed by atoms with Gasteiger partial charge >= 0.3 is 5.97 Å². The molecule has 0 bridgehead atoms. The molecule has 10 atom stereocenters. The van der Waals surface area contributed by atoms with E-state index in [0.717, 1.165) is 32.1 Å². The third kappa shape index (κ3) is 3.18. The van der Waals surface area contributed by atoms with E-state index in [2.05, 4.69) is 20.8 Å². The van der Waals surface area contributed by atoms with Crippen LogP contribution in [0.3, 0.4) is 0 Å². The standard InChI is InChI=1S/C24H38O5/c1-13(4-7-21(28)29)16-5-6-17-22-18(12-20(27)24(16,17)3)23(2)9-8-15(25)10-14(23)11-19(22)26/h13-18,20,22,25,27H,4-12H2,1-3H3,(H,28,29)/t13-,14+,15?,16?,17?,18?,20?,22?,23+,24-/m1/s1. The van der Waals surface area contributed by atoms with Gasteiger partial charge in [0.2, 0.25) is 0 Å². The number of aliphatic carboxylic acids is 1. The van der Waals surface area contributed by atoms with Crippen molar-refractivity contribution in [1.82, 2.24) is 0 Å². The monoisotopic (exact) mass is 406 g/mol. The average Bonchev–Trinajstić information content (AvgIpc) is 3.01. The zero-order chi connectivity index (χ0) is 21.1. The predicted molar refractivity (Wildman–Crippen MR) is 109 cm³/mol. The molecule has 164 valence electrons. The van der Waals surface area contributed by atoms with Crippen LogP contribution in [-0.2, 0) is 9.59 Å². The fraction of sp³-hybridized carbons (Fsp3) is 0.917. The molecular weight excluding hydrogens is 368 g/mol. The first-order valence-electron chi connectivity index (χ1n) is 11.7. The number of carboxylic acids is 1. The fourth-order valence-electron chi connectivity index (χ4n) is 8.40. The van der Waals surface area contributed by atoms with Gasteiger partial charge in [-0.3, -0.25) is 9.59 Å². The first-order valence-corrected chi connectivity index (χ1v) is 11.7. The lowest BCUT2D eigenvalue weighted by Crippen LogP contribution is -2.61. The Morgan fingerprint density at radius 3 is 2.55 bits per heavy atom. The van der Waals surface area contributed by atoms with E-state index in [-0.39, 0.29) is 58.9 Å². The third-order valence-electron chi connectivity index (χ3n) is 10.1. The highest BCUT2D eigenvalue weighted by Crippen LogP contribution is 2.67. The Morgan fingerprint density at radius 1 is 1.14 bits per heavy atom. The van der Waals surface area contributed by atoms with Gasteiger partial charge in [0.05, 0.1) is 12.2 Å². The molecule has 29 heavy (non-hydrogen) atoms. The summed E-state index contributed by atoms with van der Waals surface area (Å²) in [6, 6.07) is 0. The van der Waals surface area contributed by atoms with Crippen molar-refractivity contribution in [1.29, 1.82) is 0 Å². The van der Waals surface area contributed by atoms with Crippen molar-refractivity contribution >= 4 is 11.8 Å². The van der Waals surface area contributed by atoms with Crippen molar-refractivity contribution in [3.63, 3.8) is 0 Å². The first kappa shape index (κ1) is 21.3. The number of carboxylic acid groups (broad SMARTS) is 1. The topological polar surface area (TPSA) is 94.8 Å². The number of hydrogen-bond acceptors (Lipinski definition) is 4. The van der Waals surface area contributed by atoms with E-state index in [1.807, 2.05) is 0 Å². The minimum atomic E-state index is -0.762. The third-order valence-corrected chi connectivity index (χ3v) is 10.1. The lowest BCUT2D eigenvalue weighted by molar-refractivity contribution is -0.182. The quantitative estimate of drug-likeness (QED) is 0.662. The Bertz CT molecular complexity index is 676. The molecule has 3 N–H and O–H groups in total. The molecular formula is C24H38O5. The van der Waals surface area contributed by atoms with Gasteiger partial charge in [0, 0.05) is 24.2 Å². The van der Waals surface area contributed by atoms with Crippen LogP contribution in [0.5, 0.6) is 0 Å². The summed E-state index contributed by atoms with van der Waals surface area (Å²) in [4.78, 5) is 24.4. The number of carbonyl (C=O) groups excluding carboxylic acids is 1. The van der Waals surface area contributed by atoms with E-state index in [1.54, 1.807) is 0 Å². The van der Waals surface area contributed by atoms with E-state index in [0.29, 0.717) is 25.0 Å². The fourth-order valence-corrected chi connectivity index (χ4v) is 8.40. The normalized spacial score (nSPS) is 50.4. The van der Waals surface area contributed by atoms with E-state index in [1.165, 1.54) is 0 Å². The van der Waals surface area contributed by atoms with Crippen molar-refractivity contribution in [2.24, 2.45) is 46.3 Å². The molecule has 0 radical (unpaired) electrons. The number of aliphatic hydroxyl groups excluding tert-OH is 2. The summed E-state index contributed by atoms with van der Waals surface area (Å²) in [5.74, 6) is 0.775. The van der Waals surface area contributed by atoms with E-state index >= 15 is 0 Å². The van der Waals surface area contributed by atoms with Crippen LogP contribution in [0.1, 0.15) is 78.6 Å². The van der Waals surface area contributed by atoms with Gasteiger partial charge in [-0.2, -0.15) is 0 Å². The molecule has 0 saturated heterocycles. The molecule has 0 heterocycles. The summed E-state index contributed by atoms with van der Waals surface area (Å²) >= 11 is 0. The summed E-state index contributed by atoms with van der Waals surface area (Å²) in [6.45, 7) is 6.62. The van der Waals surface area contributed by atoms with Gasteiger partial charge in [0.25, 0.3) is 0 Å². The molecule has 0 aliphatic heterocycles. The number of rotatable bonds is 4. The molecule has 4 aliphatic carbocycles. The zero-order valence-corrected chi connectivity index (χ0v) is 18.1. The Morgan fingerprint density at radius 2 is 1.86 bits per heavy atom. The van der Waals surface area contributed by atoms with Gasteiger partial charge < -0.3 is 15.3 Å². The highest BCUT2D eigenvalue weighted by Gasteiger charge is 2.65. The van der Waals surface area contributed by atoms with Gasteiger partial charge in [-0.1, -0.05) is 20.8 Å². The maximum absolute atomic E-state index is 13.4. The van der Waals surface area contributed by atoms with Crippen LogP contribution in [0.4, 0.5) is 0 Å². The molecule has 6 unspecified atom stereocenters. The largest absolute Gasteiger partial charge is 0.481 e. The molecule has 0 aromatic rings. The Labute approximate surface area is 174 Å². The van der Waals surface area contributed by atoms with Crippen molar-refractivity contribution in [2.45, 2.75) is 90.8 Å². The maximum Gasteiger partial charge on any atom is 0.303 e. The Hall–Kier alpha value is -0.940. The van der Waals surface area contributed by atoms with Gasteiger partial charge in [-0.25, -0.2) is 0 Å². The number of aliphatic hydroxyl groups is 2. The number of hydrogen-bond donors (Lipinski definition) is 3. The van der Waals surface area contributed by atoms with Crippen LogP contribution in [0.25, 0.3) is 0 Å². The molecule has 0 amide bonds. The molecule has 4 saturated carbocycles. The van der Waals surface area contributed by atoms with Crippen molar-refractivity contribution in [3.8, 4) is 0 Å². The number of carbonyl (C=O) groups is 2. The minimum absolute atomic E-state index is 0.0246. The highest BCUT2D eigenvalue weighted by molar-refractivity contribution is 5.83. The second kappa shape index (κ2) is 7.33. The van der Waals surface area contributed by atoms with Crippen LogP contribution in [0.15, 0.2) is 0 Å². The summed E-state index contributed by atoms with van der Waals surface area (Å²) in [7, 11) is 0. The molecule has 5 nitrogen and oxygen atoms in total. The van der Waals surface area contributed by atoms with Crippen molar-refractivity contribution in [3.05, 3.63) is 0 Å². The molecule has 0 spiro atoms. The van der Waals surface area contributed by atoms with Crippen molar-refractivity contribution < 1.29 is 24.9 Å². The Kier molecular flexibility index (Phi) is 5.39. The van der Waals surface area contributed by atoms with Crippen LogP contribution in [0, 0.1) is 46.3 Å². The molecule has 0 aromatic heterocycles. The smallest absolute Gasteiger partial charge is 0.303 e. The van der Waals surface area contributed by atoms with Gasteiger partial charge in [0.1, 0.15) is 5.78 Å². The number of Topliss-reactive ketones (excluding diaryl/α,β-unsaturated/α-hetero) is 1. The summed E-state index contributed by atoms with van der Waals surface area (Å²) in [5, 5.41) is 30.7. The lowest BCUT2D eigenvalue weighted by atomic mass is 9.43. The van der Waals surface area contributed by atoms with E-state index in [4.69, 9.17) is 5.11 Å². The molecule has 4 rings (SSSR count). The van der Waals surface area contributed by atoms with Crippen LogP contribution in [-0.4, -0.2) is 39.3 Å². The second-order valence-electron chi connectivity index (χ2n) is 11.3. The first-order chi connectivity index (χ1) is 13.6. The second-order valence-corrected chi connectivity index (χ2v) is 11.3. The molecule has 5 heteroatoms. The predicted octanol–water partition coefficient (Wildman–Crippen LogP) is 3.66. The molecule has 4 aliphatic rings. The lowest BCUT2D eigenvalue weighted by Gasteiger charge is -2.61. The number of fused-ring (bicyclic) bond motifs is 5. The van der Waals surface area contributed by atoms with Crippen LogP contribution >= 0.6 is 0 Å². The van der Waals surface area contributed by atoms with Gasteiger partial charge in [-0.05, 0) is 80.0 Å². The Balaban J connectivity index is 1.62. The minimum Gasteiger partial charge on any atom is -0.481 e. The molecule has 4 fully saturated rings. The maximum atomic E-state index is 13.4. The summed E-state index contributed by atoms with van der Waals surface area (Å²) in [6.07, 6.45) is 5.74. The highest BCUT2D eigenvalue weighted by atomic mass is 16.4. The molecule has 0 aromatic carbocycles. The average molecular weight is 407 g/mol. The zero-order valence-electron chi connectivity index (χ0n) is 18.1. The van der Waals surface area contributed by atoms with Crippen molar-refractivity contribution in [2.75, 3.05) is 0 Å². The van der Waals surface area contributed by atoms with Crippen LogP contribution < -0.4 is 0 Å². The van der Waals surface area contributed by atoms with Gasteiger partial charge in [0.15, 0.2) is 0 Å². The van der Waals surface area contributed by atoms with E-state index < -0.39 is 12.1 Å². The summed E-state index contributed by atoms with van der Waals surface area (Å²) in [5.41, 5.74) is -0.265. The SMILES string of the molecule is C[C@H](CCC(=O)O)C1CCC2C3C(=O)C[C@@H]4CC(O)CC[C@]4(C)C3CC(O)[C@@]21C. The van der Waals surface area contributed by atoms with E-state index in [9.17, 15) is 19.8 Å².